The number of hydrogen-bond donors (Lipinski definition) is 0. The zero-order valence-corrected chi connectivity index (χ0v) is 9.19. The second-order valence-electron chi connectivity index (χ2n) is 2.84. The summed E-state index contributed by atoms with van der Waals surface area (Å²) < 4.78 is 1.19. The summed E-state index contributed by atoms with van der Waals surface area (Å²) in [5.74, 6) is 0.799. The minimum atomic E-state index is 0.799. The smallest absolute Gasteiger partial charge is 0.0132 e. The Kier molecular flexibility index (Phi) is 6.63. The van der Waals surface area contributed by atoms with Crippen LogP contribution in [0.2, 0.25) is 0 Å². The molecule has 0 nitrogen and oxygen atoms in total. The molecule has 0 aliphatic rings. The number of hydrogen-bond acceptors (Lipinski definition) is 0. The van der Waals surface area contributed by atoms with Crippen molar-refractivity contribution in [1.82, 2.24) is 0 Å². The molecule has 0 saturated carbocycles. The quantitative estimate of drug-likeness (QED) is 0.616. The van der Waals surface area contributed by atoms with Crippen LogP contribution in [-0.2, 0) is 0 Å². The molecule has 0 heterocycles. The predicted octanol–water partition coefficient (Wildman–Crippen LogP) is 4.28. The molecule has 0 aromatic heterocycles. The maximum absolute atomic E-state index is 3.47. The standard InChI is InChI=1S/C10H17Br/c1-4-6-10(11)8-7-9(3)5-2/h4,6,8-9H,5,7H2,1-3H3/b6-4-,10-8-/t9-/m1/s1. The molecule has 0 saturated heterocycles. The average molecular weight is 217 g/mol. The van der Waals surface area contributed by atoms with Crippen molar-refractivity contribution < 1.29 is 0 Å². The minimum absolute atomic E-state index is 0.799. The zero-order chi connectivity index (χ0) is 8.69. The van der Waals surface area contributed by atoms with Gasteiger partial charge in [-0.15, -0.1) is 0 Å². The maximum Gasteiger partial charge on any atom is 0.0132 e. The summed E-state index contributed by atoms with van der Waals surface area (Å²) >= 11 is 3.47. The van der Waals surface area contributed by atoms with E-state index in [0.29, 0.717) is 0 Å². The summed E-state index contributed by atoms with van der Waals surface area (Å²) in [5, 5.41) is 0. The summed E-state index contributed by atoms with van der Waals surface area (Å²) in [5.41, 5.74) is 0. The number of halogens is 1. The molecule has 0 fully saturated rings. The third kappa shape index (κ3) is 6.36. The maximum atomic E-state index is 3.47. The van der Waals surface area contributed by atoms with Gasteiger partial charge in [-0.05, 0) is 19.3 Å². The van der Waals surface area contributed by atoms with Crippen molar-refractivity contribution in [3.63, 3.8) is 0 Å². The largest absolute Gasteiger partial charge is 0.0866 e. The Labute approximate surface area is 78.5 Å². The van der Waals surface area contributed by atoms with Crippen molar-refractivity contribution >= 4 is 15.9 Å². The Morgan fingerprint density at radius 1 is 1.55 bits per heavy atom. The Hall–Kier alpha value is -0.0400. The van der Waals surface area contributed by atoms with Crippen molar-refractivity contribution in [2.75, 3.05) is 0 Å². The first-order valence-electron chi connectivity index (χ1n) is 4.19. The van der Waals surface area contributed by atoms with Crippen LogP contribution in [0.25, 0.3) is 0 Å². The minimum Gasteiger partial charge on any atom is -0.0866 e. The summed E-state index contributed by atoms with van der Waals surface area (Å²) in [7, 11) is 0. The Morgan fingerprint density at radius 2 is 2.18 bits per heavy atom. The first kappa shape index (κ1) is 11.0. The molecule has 0 N–H and O–H groups in total. The van der Waals surface area contributed by atoms with Gasteiger partial charge in [-0.2, -0.15) is 0 Å². The van der Waals surface area contributed by atoms with Gasteiger partial charge in [-0.3, -0.25) is 0 Å². The van der Waals surface area contributed by atoms with E-state index in [9.17, 15) is 0 Å². The molecule has 0 bridgehead atoms. The fraction of sp³-hybridized carbons (Fsp3) is 0.600. The summed E-state index contributed by atoms with van der Waals surface area (Å²) in [6, 6.07) is 0. The summed E-state index contributed by atoms with van der Waals surface area (Å²) in [6.45, 7) is 6.52. The molecule has 64 valence electrons. The Bertz CT molecular complexity index is 145. The lowest BCUT2D eigenvalue weighted by Gasteiger charge is -2.02. The Morgan fingerprint density at radius 3 is 2.64 bits per heavy atom. The lowest BCUT2D eigenvalue weighted by atomic mass is 10.1. The zero-order valence-electron chi connectivity index (χ0n) is 7.60. The highest BCUT2D eigenvalue weighted by Crippen LogP contribution is 2.13. The average Bonchev–Trinajstić information content (AvgIpc) is 2.01. The van der Waals surface area contributed by atoms with E-state index in [1.54, 1.807) is 0 Å². The SMILES string of the molecule is C/C=C\C(Br)=C\C[C@H](C)CC. The van der Waals surface area contributed by atoms with E-state index in [1.807, 2.05) is 13.0 Å². The van der Waals surface area contributed by atoms with Crippen LogP contribution in [0.4, 0.5) is 0 Å². The van der Waals surface area contributed by atoms with E-state index >= 15 is 0 Å². The Balaban J connectivity index is 3.72. The van der Waals surface area contributed by atoms with Gasteiger partial charge >= 0.3 is 0 Å². The second-order valence-corrected chi connectivity index (χ2v) is 3.75. The highest BCUT2D eigenvalue weighted by atomic mass is 79.9. The number of rotatable bonds is 4. The van der Waals surface area contributed by atoms with Crippen LogP contribution in [0.1, 0.15) is 33.6 Å². The highest BCUT2D eigenvalue weighted by Gasteiger charge is 1.94. The van der Waals surface area contributed by atoms with E-state index in [2.05, 4.69) is 41.9 Å². The van der Waals surface area contributed by atoms with Crippen molar-refractivity contribution in [2.24, 2.45) is 5.92 Å². The van der Waals surface area contributed by atoms with Crippen molar-refractivity contribution in [2.45, 2.75) is 33.6 Å². The first-order valence-corrected chi connectivity index (χ1v) is 4.98. The molecular formula is C10H17Br. The van der Waals surface area contributed by atoms with Crippen LogP contribution in [0.15, 0.2) is 22.7 Å². The van der Waals surface area contributed by atoms with Crippen LogP contribution in [0, 0.1) is 5.92 Å². The lowest BCUT2D eigenvalue weighted by Crippen LogP contribution is -1.87. The van der Waals surface area contributed by atoms with Gasteiger partial charge in [0, 0.05) is 4.48 Å². The van der Waals surface area contributed by atoms with Gasteiger partial charge in [-0.1, -0.05) is 54.4 Å². The van der Waals surface area contributed by atoms with Crippen molar-refractivity contribution in [3.8, 4) is 0 Å². The molecule has 0 aliphatic carbocycles. The summed E-state index contributed by atoms with van der Waals surface area (Å²) in [4.78, 5) is 0. The van der Waals surface area contributed by atoms with E-state index in [4.69, 9.17) is 0 Å². The van der Waals surface area contributed by atoms with Crippen LogP contribution < -0.4 is 0 Å². The van der Waals surface area contributed by atoms with Crippen molar-refractivity contribution in [3.05, 3.63) is 22.7 Å². The molecule has 1 atom stereocenters. The molecule has 0 amide bonds. The lowest BCUT2D eigenvalue weighted by molar-refractivity contribution is 0.572. The van der Waals surface area contributed by atoms with Gasteiger partial charge in [0.2, 0.25) is 0 Å². The molecule has 0 radical (unpaired) electrons. The molecule has 0 rings (SSSR count). The number of allylic oxidation sites excluding steroid dienone is 4. The topological polar surface area (TPSA) is 0 Å². The fourth-order valence-electron chi connectivity index (χ4n) is 0.708. The van der Waals surface area contributed by atoms with Crippen LogP contribution >= 0.6 is 15.9 Å². The predicted molar refractivity (Wildman–Crippen MR) is 55.9 cm³/mol. The van der Waals surface area contributed by atoms with Crippen LogP contribution in [-0.4, -0.2) is 0 Å². The van der Waals surface area contributed by atoms with Gasteiger partial charge in [0.05, 0.1) is 0 Å². The van der Waals surface area contributed by atoms with Crippen molar-refractivity contribution in [1.29, 1.82) is 0 Å². The second kappa shape index (κ2) is 6.66. The molecule has 0 spiro atoms. The third-order valence-corrected chi connectivity index (χ3v) is 2.33. The molecule has 0 aliphatic heterocycles. The van der Waals surface area contributed by atoms with Gasteiger partial charge < -0.3 is 0 Å². The molecule has 0 aromatic carbocycles. The molecule has 0 aromatic rings. The van der Waals surface area contributed by atoms with Crippen LogP contribution in [0.5, 0.6) is 0 Å². The third-order valence-electron chi connectivity index (χ3n) is 1.74. The highest BCUT2D eigenvalue weighted by molar-refractivity contribution is 9.11. The fourth-order valence-corrected chi connectivity index (χ4v) is 1.16. The van der Waals surface area contributed by atoms with Gasteiger partial charge in [0.25, 0.3) is 0 Å². The summed E-state index contributed by atoms with van der Waals surface area (Å²) in [6.07, 6.45) is 8.77. The van der Waals surface area contributed by atoms with Gasteiger partial charge in [0.15, 0.2) is 0 Å². The van der Waals surface area contributed by atoms with Crippen LogP contribution in [0.3, 0.4) is 0 Å². The monoisotopic (exact) mass is 216 g/mol. The normalized spacial score (nSPS) is 15.8. The van der Waals surface area contributed by atoms with Gasteiger partial charge in [0.1, 0.15) is 0 Å². The van der Waals surface area contributed by atoms with E-state index < -0.39 is 0 Å². The molecule has 1 heteroatoms. The molecule has 0 unspecified atom stereocenters. The van der Waals surface area contributed by atoms with E-state index in [0.717, 1.165) is 5.92 Å². The molecular weight excluding hydrogens is 200 g/mol. The van der Waals surface area contributed by atoms with Gasteiger partial charge in [-0.25, -0.2) is 0 Å². The molecule has 11 heavy (non-hydrogen) atoms. The first-order chi connectivity index (χ1) is 5.20. The van der Waals surface area contributed by atoms with E-state index in [-0.39, 0.29) is 0 Å². The van der Waals surface area contributed by atoms with E-state index in [1.165, 1.54) is 17.3 Å².